The van der Waals surface area contributed by atoms with E-state index in [1.807, 2.05) is 31.2 Å². The first-order valence-corrected chi connectivity index (χ1v) is 9.93. The molecule has 1 atom stereocenters. The van der Waals surface area contributed by atoms with Gasteiger partial charge in [0.15, 0.2) is 9.84 Å². The van der Waals surface area contributed by atoms with Gasteiger partial charge in [-0.2, -0.15) is 0 Å². The molecule has 0 fully saturated rings. The zero-order valence-electron chi connectivity index (χ0n) is 12.9. The van der Waals surface area contributed by atoms with Crippen LogP contribution in [0.25, 0.3) is 0 Å². The average Bonchev–Trinajstić information content (AvgIpc) is 2.46. The van der Waals surface area contributed by atoms with Crippen LogP contribution in [-0.2, 0) is 15.6 Å². The first kappa shape index (κ1) is 17.7. The summed E-state index contributed by atoms with van der Waals surface area (Å²) in [6, 6.07) is 14.2. The number of sulfone groups is 1. The Morgan fingerprint density at radius 3 is 2.30 bits per heavy atom. The second-order valence-corrected chi connectivity index (χ2v) is 8.48. The summed E-state index contributed by atoms with van der Waals surface area (Å²) in [6.07, 6.45) is 1.19. The van der Waals surface area contributed by atoms with Crippen LogP contribution in [-0.4, -0.2) is 20.6 Å². The minimum absolute atomic E-state index is 0.0255. The molecule has 2 rings (SSSR count). The van der Waals surface area contributed by atoms with Crippen LogP contribution in [0.3, 0.4) is 0 Å². The van der Waals surface area contributed by atoms with Crippen LogP contribution in [0.4, 0.5) is 0 Å². The van der Waals surface area contributed by atoms with Gasteiger partial charge in [-0.1, -0.05) is 46.3 Å². The number of carbonyl (C=O) groups is 1. The van der Waals surface area contributed by atoms with Gasteiger partial charge in [0.2, 0.25) is 0 Å². The van der Waals surface area contributed by atoms with E-state index in [2.05, 4.69) is 21.2 Å². The van der Waals surface area contributed by atoms with Gasteiger partial charge in [-0.3, -0.25) is 4.79 Å². The maximum absolute atomic E-state index is 12.3. The summed E-state index contributed by atoms with van der Waals surface area (Å²) in [7, 11) is -3.08. The minimum atomic E-state index is -3.08. The summed E-state index contributed by atoms with van der Waals surface area (Å²) in [6.45, 7) is 1.91. The fourth-order valence-electron chi connectivity index (χ4n) is 2.24. The molecule has 0 aromatic heterocycles. The summed E-state index contributed by atoms with van der Waals surface area (Å²) in [5, 5.41) is 2.93. The highest BCUT2D eigenvalue weighted by Crippen LogP contribution is 2.23. The quantitative estimate of drug-likeness (QED) is 0.842. The SMILES string of the molecule is CC(NC(=O)c1ccc(CS(C)(=O)=O)cc1)c1ccccc1Br. The minimum Gasteiger partial charge on any atom is -0.345 e. The van der Waals surface area contributed by atoms with Crippen LogP contribution < -0.4 is 5.32 Å². The van der Waals surface area contributed by atoms with Crippen LogP contribution >= 0.6 is 15.9 Å². The van der Waals surface area contributed by atoms with E-state index in [0.29, 0.717) is 11.1 Å². The fourth-order valence-corrected chi connectivity index (χ4v) is 3.67. The van der Waals surface area contributed by atoms with Crippen molar-refractivity contribution in [2.24, 2.45) is 0 Å². The standard InChI is InChI=1S/C17H18BrNO3S/c1-12(15-5-3-4-6-16(15)18)19-17(20)14-9-7-13(8-10-14)11-23(2,21)22/h3-10,12H,11H2,1-2H3,(H,19,20). The Hall–Kier alpha value is -1.66. The molecular weight excluding hydrogens is 378 g/mol. The van der Waals surface area contributed by atoms with Crippen molar-refractivity contribution < 1.29 is 13.2 Å². The van der Waals surface area contributed by atoms with Crippen molar-refractivity contribution in [3.63, 3.8) is 0 Å². The van der Waals surface area contributed by atoms with Gasteiger partial charge >= 0.3 is 0 Å². The van der Waals surface area contributed by atoms with Crippen molar-refractivity contribution in [2.45, 2.75) is 18.7 Å². The van der Waals surface area contributed by atoms with Crippen molar-refractivity contribution in [3.8, 4) is 0 Å². The average molecular weight is 396 g/mol. The highest BCUT2D eigenvalue weighted by molar-refractivity contribution is 9.10. The maximum atomic E-state index is 12.3. The molecule has 1 N–H and O–H groups in total. The second-order valence-electron chi connectivity index (χ2n) is 5.48. The van der Waals surface area contributed by atoms with E-state index in [0.717, 1.165) is 10.0 Å². The molecule has 0 spiro atoms. The highest BCUT2D eigenvalue weighted by Gasteiger charge is 2.13. The van der Waals surface area contributed by atoms with Gasteiger partial charge < -0.3 is 5.32 Å². The molecule has 122 valence electrons. The summed E-state index contributed by atoms with van der Waals surface area (Å²) in [5.41, 5.74) is 2.17. The normalized spacial score (nSPS) is 12.7. The molecule has 0 bridgehead atoms. The van der Waals surface area contributed by atoms with E-state index in [9.17, 15) is 13.2 Å². The van der Waals surface area contributed by atoms with Crippen molar-refractivity contribution in [1.82, 2.24) is 5.32 Å². The monoisotopic (exact) mass is 395 g/mol. The molecule has 1 amide bonds. The maximum Gasteiger partial charge on any atom is 0.251 e. The number of hydrogen-bond acceptors (Lipinski definition) is 3. The fraction of sp³-hybridized carbons (Fsp3) is 0.235. The van der Waals surface area contributed by atoms with Gasteiger partial charge in [0.05, 0.1) is 11.8 Å². The summed E-state index contributed by atoms with van der Waals surface area (Å²) >= 11 is 3.47. The second kappa shape index (κ2) is 7.27. The molecule has 0 radical (unpaired) electrons. The molecule has 0 heterocycles. The van der Waals surface area contributed by atoms with Gasteiger partial charge in [-0.25, -0.2) is 8.42 Å². The van der Waals surface area contributed by atoms with Crippen LogP contribution in [0, 0.1) is 0 Å². The third-order valence-electron chi connectivity index (χ3n) is 3.36. The molecule has 2 aromatic carbocycles. The molecule has 0 saturated heterocycles. The van der Waals surface area contributed by atoms with Crippen molar-refractivity contribution in [2.75, 3.05) is 6.26 Å². The first-order chi connectivity index (χ1) is 10.8. The summed E-state index contributed by atoms with van der Waals surface area (Å²) in [4.78, 5) is 12.3. The van der Waals surface area contributed by atoms with E-state index in [4.69, 9.17) is 0 Å². The molecule has 23 heavy (non-hydrogen) atoms. The Labute approximate surface area is 145 Å². The predicted molar refractivity (Wildman–Crippen MR) is 95.0 cm³/mol. The van der Waals surface area contributed by atoms with Crippen LogP contribution in [0.5, 0.6) is 0 Å². The predicted octanol–water partition coefficient (Wildman–Crippen LogP) is 3.48. The molecule has 0 aliphatic rings. The van der Waals surface area contributed by atoms with E-state index < -0.39 is 9.84 Å². The lowest BCUT2D eigenvalue weighted by atomic mass is 10.1. The van der Waals surface area contributed by atoms with Crippen molar-refractivity contribution >= 4 is 31.7 Å². The number of hydrogen-bond donors (Lipinski definition) is 1. The topological polar surface area (TPSA) is 63.2 Å². The zero-order valence-corrected chi connectivity index (χ0v) is 15.3. The molecule has 0 saturated carbocycles. The number of amides is 1. The number of benzene rings is 2. The van der Waals surface area contributed by atoms with Crippen LogP contribution in [0.15, 0.2) is 53.0 Å². The van der Waals surface area contributed by atoms with E-state index in [1.54, 1.807) is 24.3 Å². The largest absolute Gasteiger partial charge is 0.345 e. The van der Waals surface area contributed by atoms with Gasteiger partial charge in [0, 0.05) is 16.3 Å². The third kappa shape index (κ3) is 5.18. The molecule has 0 aliphatic heterocycles. The molecule has 6 heteroatoms. The molecular formula is C17H18BrNO3S. The van der Waals surface area contributed by atoms with Gasteiger partial charge in [-0.15, -0.1) is 0 Å². The summed E-state index contributed by atoms with van der Waals surface area (Å²) in [5.74, 6) is -0.221. The molecule has 4 nitrogen and oxygen atoms in total. The molecule has 0 aliphatic carbocycles. The van der Waals surface area contributed by atoms with Crippen molar-refractivity contribution in [1.29, 1.82) is 0 Å². The lowest BCUT2D eigenvalue weighted by molar-refractivity contribution is 0.0940. The van der Waals surface area contributed by atoms with Gasteiger partial charge in [0.1, 0.15) is 0 Å². The van der Waals surface area contributed by atoms with Gasteiger partial charge in [-0.05, 0) is 36.2 Å². The first-order valence-electron chi connectivity index (χ1n) is 7.08. The Morgan fingerprint density at radius 2 is 1.74 bits per heavy atom. The molecule has 2 aromatic rings. The van der Waals surface area contributed by atoms with Crippen LogP contribution in [0.2, 0.25) is 0 Å². The Kier molecular flexibility index (Phi) is 5.59. The molecule has 1 unspecified atom stereocenters. The Balaban J connectivity index is 2.08. The lowest BCUT2D eigenvalue weighted by Gasteiger charge is -2.16. The third-order valence-corrected chi connectivity index (χ3v) is 4.94. The van der Waals surface area contributed by atoms with Crippen molar-refractivity contribution in [3.05, 3.63) is 69.7 Å². The van der Waals surface area contributed by atoms with Crippen LogP contribution in [0.1, 0.15) is 34.5 Å². The number of rotatable bonds is 5. The Bertz CT molecular complexity index is 801. The number of halogens is 1. The lowest BCUT2D eigenvalue weighted by Crippen LogP contribution is -2.26. The van der Waals surface area contributed by atoms with E-state index in [1.165, 1.54) is 6.26 Å². The number of nitrogens with one attached hydrogen (secondary N) is 1. The number of carbonyl (C=O) groups excluding carboxylic acids is 1. The van der Waals surface area contributed by atoms with Gasteiger partial charge in [0.25, 0.3) is 5.91 Å². The van der Waals surface area contributed by atoms with E-state index in [-0.39, 0.29) is 17.7 Å². The van der Waals surface area contributed by atoms with E-state index >= 15 is 0 Å². The smallest absolute Gasteiger partial charge is 0.251 e. The highest BCUT2D eigenvalue weighted by atomic mass is 79.9. The summed E-state index contributed by atoms with van der Waals surface area (Å²) < 4.78 is 23.5. The Morgan fingerprint density at radius 1 is 1.13 bits per heavy atom. The zero-order chi connectivity index (χ0) is 17.0.